The number of nitrogens with one attached hydrogen (secondary N) is 2. The van der Waals surface area contributed by atoms with Crippen molar-refractivity contribution in [3.05, 3.63) is 48.3 Å². The molecule has 0 saturated heterocycles. The van der Waals surface area contributed by atoms with Crippen LogP contribution < -0.4 is 15.4 Å². The molecule has 0 spiro atoms. The largest absolute Gasteiger partial charge is 0.470 e. The second-order valence-electron chi connectivity index (χ2n) is 8.76. The molecule has 2 aromatic rings. The van der Waals surface area contributed by atoms with Crippen molar-refractivity contribution in [2.75, 3.05) is 5.32 Å². The van der Waals surface area contributed by atoms with Crippen LogP contribution in [0.15, 0.2) is 42.7 Å². The van der Waals surface area contributed by atoms with Gasteiger partial charge in [-0.25, -0.2) is 14.8 Å². The SMILES string of the molecule is O=C(Nc1nccnc1OCc1ccccc1)NC12CC3CC(CC(C3)C1)C2. The van der Waals surface area contributed by atoms with Crippen LogP contribution in [0, 0.1) is 17.8 Å². The molecule has 0 atom stereocenters. The Balaban J connectivity index is 1.24. The van der Waals surface area contributed by atoms with Crippen LogP contribution in [0.1, 0.15) is 44.1 Å². The lowest BCUT2D eigenvalue weighted by Crippen LogP contribution is -2.60. The molecule has 4 bridgehead atoms. The van der Waals surface area contributed by atoms with Gasteiger partial charge < -0.3 is 10.1 Å². The van der Waals surface area contributed by atoms with Crippen molar-refractivity contribution in [2.45, 2.75) is 50.7 Å². The molecule has 4 aliphatic rings. The molecule has 2 amide bonds. The Bertz CT molecular complexity index is 819. The maximum Gasteiger partial charge on any atom is 0.320 e. The fraction of sp³-hybridized carbons (Fsp3) is 0.500. The number of carbonyl (C=O) groups is 1. The van der Waals surface area contributed by atoms with Crippen molar-refractivity contribution < 1.29 is 9.53 Å². The van der Waals surface area contributed by atoms with Crippen LogP contribution in [-0.2, 0) is 6.61 Å². The normalized spacial score (nSPS) is 30.1. The summed E-state index contributed by atoms with van der Waals surface area (Å²) in [5.74, 6) is 3.06. The molecule has 0 aliphatic heterocycles. The topological polar surface area (TPSA) is 76.1 Å². The van der Waals surface area contributed by atoms with Crippen molar-refractivity contribution in [3.8, 4) is 5.88 Å². The van der Waals surface area contributed by atoms with Crippen molar-refractivity contribution in [1.29, 1.82) is 0 Å². The molecule has 4 saturated carbocycles. The zero-order valence-electron chi connectivity index (χ0n) is 15.9. The predicted octanol–water partition coefficient (Wildman–Crippen LogP) is 4.15. The number of hydrogen-bond donors (Lipinski definition) is 2. The van der Waals surface area contributed by atoms with E-state index in [0.717, 1.165) is 42.6 Å². The maximum absolute atomic E-state index is 12.8. The van der Waals surface area contributed by atoms with Crippen LogP contribution in [-0.4, -0.2) is 21.5 Å². The van der Waals surface area contributed by atoms with Crippen LogP contribution in [0.2, 0.25) is 0 Å². The first kappa shape index (κ1) is 17.5. The Morgan fingerprint density at radius 3 is 2.32 bits per heavy atom. The molecule has 2 N–H and O–H groups in total. The van der Waals surface area contributed by atoms with Crippen LogP contribution in [0.4, 0.5) is 10.6 Å². The molecule has 146 valence electrons. The van der Waals surface area contributed by atoms with E-state index in [4.69, 9.17) is 4.74 Å². The number of ether oxygens (including phenoxy) is 1. The summed E-state index contributed by atoms with van der Waals surface area (Å²) >= 11 is 0. The van der Waals surface area contributed by atoms with E-state index in [9.17, 15) is 4.79 Å². The van der Waals surface area contributed by atoms with E-state index < -0.39 is 0 Å². The van der Waals surface area contributed by atoms with Gasteiger partial charge in [-0.1, -0.05) is 30.3 Å². The zero-order valence-corrected chi connectivity index (χ0v) is 15.9. The lowest BCUT2D eigenvalue weighted by atomic mass is 9.53. The van der Waals surface area contributed by atoms with Gasteiger partial charge in [0.2, 0.25) is 0 Å². The monoisotopic (exact) mass is 378 g/mol. The molecule has 1 aromatic heterocycles. The van der Waals surface area contributed by atoms with Gasteiger partial charge in [0.05, 0.1) is 0 Å². The van der Waals surface area contributed by atoms with Gasteiger partial charge in [-0.3, -0.25) is 5.32 Å². The summed E-state index contributed by atoms with van der Waals surface area (Å²) < 4.78 is 5.80. The lowest BCUT2D eigenvalue weighted by Gasteiger charge is -2.56. The van der Waals surface area contributed by atoms with Gasteiger partial charge >= 0.3 is 6.03 Å². The number of hydrogen-bond acceptors (Lipinski definition) is 4. The van der Waals surface area contributed by atoms with Crippen LogP contribution in [0.25, 0.3) is 0 Å². The number of anilines is 1. The highest BCUT2D eigenvalue weighted by molar-refractivity contribution is 5.89. The van der Waals surface area contributed by atoms with E-state index in [1.54, 1.807) is 12.4 Å². The summed E-state index contributed by atoms with van der Waals surface area (Å²) in [6.45, 7) is 0.380. The number of carbonyl (C=O) groups excluding carboxylic acids is 1. The van der Waals surface area contributed by atoms with Gasteiger partial charge in [-0.2, -0.15) is 0 Å². The van der Waals surface area contributed by atoms with Crippen LogP contribution in [0.5, 0.6) is 5.88 Å². The van der Waals surface area contributed by atoms with E-state index >= 15 is 0 Å². The van der Waals surface area contributed by atoms with Gasteiger partial charge in [0, 0.05) is 17.9 Å². The maximum atomic E-state index is 12.8. The molecule has 4 fully saturated rings. The molecule has 0 unspecified atom stereocenters. The summed E-state index contributed by atoms with van der Waals surface area (Å²) in [5, 5.41) is 6.17. The average Bonchev–Trinajstić information content (AvgIpc) is 2.66. The van der Waals surface area contributed by atoms with Crippen molar-refractivity contribution in [3.63, 3.8) is 0 Å². The molecule has 6 nitrogen and oxygen atoms in total. The second kappa shape index (κ2) is 7.08. The van der Waals surface area contributed by atoms with Gasteiger partial charge in [0.15, 0.2) is 5.82 Å². The van der Waals surface area contributed by atoms with E-state index in [1.165, 1.54) is 19.3 Å². The highest BCUT2D eigenvalue weighted by Gasteiger charge is 2.51. The molecule has 1 aromatic carbocycles. The molecular formula is C22H26N4O2. The van der Waals surface area contributed by atoms with Crippen molar-refractivity contribution in [2.24, 2.45) is 17.8 Å². The third kappa shape index (κ3) is 3.55. The van der Waals surface area contributed by atoms with E-state index in [1.807, 2.05) is 30.3 Å². The first-order valence-corrected chi connectivity index (χ1v) is 10.2. The number of rotatable bonds is 5. The molecule has 4 aliphatic carbocycles. The van der Waals surface area contributed by atoms with Crippen LogP contribution >= 0.6 is 0 Å². The molecule has 6 heteroatoms. The minimum Gasteiger partial charge on any atom is -0.470 e. The van der Waals surface area contributed by atoms with Gasteiger partial charge in [-0.15, -0.1) is 0 Å². The zero-order chi connectivity index (χ0) is 19.0. The third-order valence-corrected chi connectivity index (χ3v) is 6.53. The third-order valence-electron chi connectivity index (χ3n) is 6.53. The van der Waals surface area contributed by atoms with E-state index in [-0.39, 0.29) is 11.6 Å². The van der Waals surface area contributed by atoms with Gasteiger partial charge in [0.25, 0.3) is 5.88 Å². The Morgan fingerprint density at radius 2 is 1.64 bits per heavy atom. The molecule has 6 rings (SSSR count). The van der Waals surface area contributed by atoms with Gasteiger partial charge in [0.1, 0.15) is 6.61 Å². The number of urea groups is 1. The van der Waals surface area contributed by atoms with E-state index in [2.05, 4.69) is 20.6 Å². The number of amides is 2. The minimum absolute atomic E-state index is 0.0356. The Kier molecular flexibility index (Phi) is 4.41. The summed E-state index contributed by atoms with van der Waals surface area (Å²) in [6, 6.07) is 9.67. The van der Waals surface area contributed by atoms with Crippen molar-refractivity contribution in [1.82, 2.24) is 15.3 Å². The van der Waals surface area contributed by atoms with E-state index in [0.29, 0.717) is 18.3 Å². The van der Waals surface area contributed by atoms with Crippen LogP contribution in [0.3, 0.4) is 0 Å². The summed E-state index contributed by atoms with van der Waals surface area (Å²) in [6.07, 6.45) is 10.5. The predicted molar refractivity (Wildman–Crippen MR) is 106 cm³/mol. The fourth-order valence-corrected chi connectivity index (χ4v) is 5.89. The average molecular weight is 378 g/mol. The first-order valence-electron chi connectivity index (χ1n) is 10.2. The lowest BCUT2D eigenvalue weighted by molar-refractivity contribution is -0.0127. The summed E-state index contributed by atoms with van der Waals surface area (Å²) in [7, 11) is 0. The quantitative estimate of drug-likeness (QED) is 0.820. The first-order chi connectivity index (χ1) is 13.7. The highest BCUT2D eigenvalue weighted by Crippen LogP contribution is 2.55. The molecule has 28 heavy (non-hydrogen) atoms. The number of nitrogens with zero attached hydrogens (tertiary/aromatic N) is 2. The standard InChI is InChI=1S/C22H26N4O2/c27-21(26-22-11-16-8-17(12-22)10-18(9-16)13-22)25-19-20(24-7-6-23-19)28-14-15-4-2-1-3-5-15/h1-7,16-18H,8-14H2,(H2,23,25,26,27). The second-order valence-corrected chi connectivity index (χ2v) is 8.76. The summed E-state index contributed by atoms with van der Waals surface area (Å²) in [5.41, 5.74) is 1.00. The highest BCUT2D eigenvalue weighted by atomic mass is 16.5. The van der Waals surface area contributed by atoms with Crippen molar-refractivity contribution >= 4 is 11.8 Å². The molecular weight excluding hydrogens is 352 g/mol. The molecule has 1 heterocycles. The number of benzene rings is 1. The Hall–Kier alpha value is -2.63. The molecule has 0 radical (unpaired) electrons. The smallest absolute Gasteiger partial charge is 0.320 e. The Labute approximate surface area is 165 Å². The Morgan fingerprint density at radius 1 is 1.00 bits per heavy atom. The minimum atomic E-state index is -0.202. The fourth-order valence-electron chi connectivity index (χ4n) is 5.89. The van der Waals surface area contributed by atoms with Gasteiger partial charge in [-0.05, 0) is 61.8 Å². The number of aromatic nitrogens is 2. The summed E-state index contributed by atoms with van der Waals surface area (Å²) in [4.78, 5) is 21.3.